The first-order valence-corrected chi connectivity index (χ1v) is 8.76. The molecule has 3 rings (SSSR count). The fourth-order valence-electron chi connectivity index (χ4n) is 2.43. The Morgan fingerprint density at radius 1 is 1.22 bits per heavy atom. The van der Waals surface area contributed by atoms with E-state index in [9.17, 15) is 5.11 Å². The van der Waals surface area contributed by atoms with Crippen molar-refractivity contribution in [3.05, 3.63) is 46.1 Å². The molecule has 0 atom stereocenters. The van der Waals surface area contributed by atoms with E-state index in [1.54, 1.807) is 23.5 Å². The lowest BCUT2D eigenvalue weighted by Crippen LogP contribution is -2.07. The fraction of sp³-hybridized carbons (Fsp3) is 0.294. The minimum absolute atomic E-state index is 0.268. The van der Waals surface area contributed by atoms with E-state index in [1.807, 2.05) is 12.1 Å². The molecule has 0 aliphatic rings. The van der Waals surface area contributed by atoms with Gasteiger partial charge in [0.1, 0.15) is 11.6 Å². The lowest BCUT2D eigenvalue weighted by Gasteiger charge is -2.08. The lowest BCUT2D eigenvalue weighted by molar-refractivity contribution is 0.475. The number of nitrogens with zero attached hydrogens (tertiary/aromatic N) is 2. The summed E-state index contributed by atoms with van der Waals surface area (Å²) in [6.45, 7) is 5.03. The molecular formula is C17H18ClN3OS. The molecule has 0 fully saturated rings. The van der Waals surface area contributed by atoms with Crippen LogP contribution >= 0.6 is 22.9 Å². The first kappa shape index (κ1) is 16.0. The molecule has 0 aliphatic carbocycles. The van der Waals surface area contributed by atoms with Crippen molar-refractivity contribution in [1.82, 2.24) is 9.97 Å². The van der Waals surface area contributed by atoms with Gasteiger partial charge in [0.25, 0.3) is 0 Å². The maximum absolute atomic E-state index is 9.31. The average Bonchev–Trinajstić information content (AvgIpc) is 2.93. The number of phenols is 1. The second-order valence-corrected chi connectivity index (χ2v) is 6.93. The number of thiophene rings is 1. The van der Waals surface area contributed by atoms with Gasteiger partial charge in [-0.1, -0.05) is 26.0 Å². The van der Waals surface area contributed by atoms with Gasteiger partial charge in [-0.05, 0) is 52.6 Å². The number of halogens is 1. The molecule has 4 nitrogen and oxygen atoms in total. The van der Waals surface area contributed by atoms with Crippen LogP contribution in [0.25, 0.3) is 10.2 Å². The summed E-state index contributed by atoms with van der Waals surface area (Å²) in [6.07, 6.45) is 0.839. The molecule has 0 amide bonds. The summed E-state index contributed by atoms with van der Waals surface area (Å²) in [6, 6.07) is 7.23. The first-order valence-electron chi connectivity index (χ1n) is 7.51. The van der Waals surface area contributed by atoms with Gasteiger partial charge in [0.2, 0.25) is 5.28 Å². The van der Waals surface area contributed by atoms with Crippen LogP contribution in [-0.4, -0.2) is 21.6 Å². The molecule has 0 bridgehead atoms. The van der Waals surface area contributed by atoms with Crippen molar-refractivity contribution in [2.24, 2.45) is 0 Å². The average molecular weight is 348 g/mol. The summed E-state index contributed by atoms with van der Waals surface area (Å²) in [5, 5.41) is 15.1. The molecular weight excluding hydrogens is 330 g/mol. The van der Waals surface area contributed by atoms with E-state index in [2.05, 4.69) is 34.5 Å². The molecule has 0 aliphatic heterocycles. The normalized spacial score (nSPS) is 11.3. The van der Waals surface area contributed by atoms with Gasteiger partial charge in [-0.3, -0.25) is 0 Å². The molecule has 0 saturated heterocycles. The third kappa shape index (κ3) is 3.57. The number of aromatic hydroxyl groups is 1. The quantitative estimate of drug-likeness (QED) is 0.649. The predicted molar refractivity (Wildman–Crippen MR) is 96.8 cm³/mol. The zero-order chi connectivity index (χ0) is 16.4. The Bertz CT molecular complexity index is 815. The molecule has 6 heteroatoms. The van der Waals surface area contributed by atoms with Crippen molar-refractivity contribution in [1.29, 1.82) is 0 Å². The summed E-state index contributed by atoms with van der Waals surface area (Å²) < 4.78 is 1.05. The number of anilines is 1. The maximum atomic E-state index is 9.31. The molecule has 1 aromatic carbocycles. The number of hydrogen-bond donors (Lipinski definition) is 2. The Morgan fingerprint density at radius 2 is 1.96 bits per heavy atom. The zero-order valence-corrected chi connectivity index (χ0v) is 14.6. The SMILES string of the molecule is CC(C)c1csc2c(NCCc3ccc(O)cc3)nc(Cl)nc12. The molecule has 0 saturated carbocycles. The van der Waals surface area contributed by atoms with Crippen LogP contribution in [0.15, 0.2) is 29.6 Å². The van der Waals surface area contributed by atoms with Crippen LogP contribution in [0.5, 0.6) is 5.75 Å². The molecule has 2 aromatic heterocycles. The minimum Gasteiger partial charge on any atom is -0.508 e. The highest BCUT2D eigenvalue weighted by molar-refractivity contribution is 7.18. The van der Waals surface area contributed by atoms with Gasteiger partial charge in [-0.25, -0.2) is 4.98 Å². The van der Waals surface area contributed by atoms with Crippen molar-refractivity contribution in [3.8, 4) is 5.75 Å². The standard InChI is InChI=1S/C17H18ClN3OS/c1-10(2)13-9-23-15-14(13)20-17(18)21-16(15)19-8-7-11-3-5-12(22)6-4-11/h3-6,9-10,22H,7-8H2,1-2H3,(H,19,20,21). The van der Waals surface area contributed by atoms with Crippen LogP contribution in [0, 0.1) is 0 Å². The van der Waals surface area contributed by atoms with E-state index < -0.39 is 0 Å². The van der Waals surface area contributed by atoms with Crippen LogP contribution < -0.4 is 5.32 Å². The Balaban J connectivity index is 1.78. The number of hydrogen-bond acceptors (Lipinski definition) is 5. The smallest absolute Gasteiger partial charge is 0.224 e. The molecule has 2 N–H and O–H groups in total. The van der Waals surface area contributed by atoms with Crippen molar-refractivity contribution >= 4 is 39.0 Å². The van der Waals surface area contributed by atoms with Gasteiger partial charge in [0.15, 0.2) is 0 Å². The number of aromatic nitrogens is 2. The lowest BCUT2D eigenvalue weighted by atomic mass is 10.1. The van der Waals surface area contributed by atoms with Crippen LogP contribution in [0.1, 0.15) is 30.9 Å². The third-order valence-electron chi connectivity index (χ3n) is 3.68. The summed E-state index contributed by atoms with van der Waals surface area (Å²) in [5.74, 6) is 1.47. The number of rotatable bonds is 5. The number of nitrogens with one attached hydrogen (secondary N) is 1. The van der Waals surface area contributed by atoms with Gasteiger partial charge in [-0.2, -0.15) is 4.98 Å². The molecule has 0 spiro atoms. The highest BCUT2D eigenvalue weighted by Gasteiger charge is 2.14. The van der Waals surface area contributed by atoms with Gasteiger partial charge in [-0.15, -0.1) is 11.3 Å². The number of benzene rings is 1. The van der Waals surface area contributed by atoms with Gasteiger partial charge in [0, 0.05) is 6.54 Å². The van der Waals surface area contributed by atoms with Gasteiger partial charge >= 0.3 is 0 Å². The fourth-order valence-corrected chi connectivity index (χ4v) is 3.73. The monoisotopic (exact) mass is 347 g/mol. The van der Waals surface area contributed by atoms with Crippen molar-refractivity contribution in [3.63, 3.8) is 0 Å². The topological polar surface area (TPSA) is 58.0 Å². The zero-order valence-electron chi connectivity index (χ0n) is 13.0. The van der Waals surface area contributed by atoms with E-state index in [0.29, 0.717) is 5.92 Å². The molecule has 23 heavy (non-hydrogen) atoms. The second kappa shape index (κ2) is 6.72. The molecule has 0 radical (unpaired) electrons. The number of fused-ring (bicyclic) bond motifs is 1. The first-order chi connectivity index (χ1) is 11.0. The highest BCUT2D eigenvalue weighted by Crippen LogP contribution is 2.34. The maximum Gasteiger partial charge on any atom is 0.224 e. The van der Waals surface area contributed by atoms with E-state index in [1.165, 1.54) is 5.56 Å². The summed E-state index contributed by atoms with van der Waals surface area (Å²) in [4.78, 5) is 8.72. The Morgan fingerprint density at radius 3 is 2.65 bits per heavy atom. The second-order valence-electron chi connectivity index (χ2n) is 5.71. The highest BCUT2D eigenvalue weighted by atomic mass is 35.5. The van der Waals surface area contributed by atoms with Crippen molar-refractivity contribution in [2.75, 3.05) is 11.9 Å². The summed E-state index contributed by atoms with van der Waals surface area (Å²) in [7, 11) is 0. The van der Waals surface area contributed by atoms with Crippen LogP contribution in [0.3, 0.4) is 0 Å². The third-order valence-corrected chi connectivity index (χ3v) is 4.84. The Labute approximate surface area is 144 Å². The summed E-state index contributed by atoms with van der Waals surface area (Å²) >= 11 is 7.73. The Kier molecular flexibility index (Phi) is 4.68. The predicted octanol–water partition coefficient (Wildman–Crippen LogP) is 4.83. The molecule has 2 heterocycles. The van der Waals surface area contributed by atoms with E-state index in [-0.39, 0.29) is 11.0 Å². The molecule has 0 unspecified atom stereocenters. The minimum atomic E-state index is 0.268. The van der Waals surface area contributed by atoms with E-state index in [4.69, 9.17) is 11.6 Å². The molecule has 3 aromatic rings. The van der Waals surface area contributed by atoms with E-state index in [0.717, 1.165) is 34.6 Å². The van der Waals surface area contributed by atoms with E-state index >= 15 is 0 Å². The van der Waals surface area contributed by atoms with Gasteiger partial charge in [0.05, 0.1) is 10.2 Å². The summed E-state index contributed by atoms with van der Waals surface area (Å²) in [5.41, 5.74) is 3.30. The van der Waals surface area contributed by atoms with Crippen LogP contribution in [0.2, 0.25) is 5.28 Å². The van der Waals surface area contributed by atoms with Crippen molar-refractivity contribution < 1.29 is 5.11 Å². The number of phenolic OH excluding ortho intramolecular Hbond substituents is 1. The largest absolute Gasteiger partial charge is 0.508 e. The van der Waals surface area contributed by atoms with Gasteiger partial charge < -0.3 is 10.4 Å². The molecule has 120 valence electrons. The van der Waals surface area contributed by atoms with Crippen molar-refractivity contribution in [2.45, 2.75) is 26.2 Å². The van der Waals surface area contributed by atoms with Crippen LogP contribution in [0.4, 0.5) is 5.82 Å². The Hall–Kier alpha value is -1.85. The van der Waals surface area contributed by atoms with Crippen LogP contribution in [-0.2, 0) is 6.42 Å².